The molecule has 0 bridgehead atoms. The summed E-state index contributed by atoms with van der Waals surface area (Å²) in [6.07, 6.45) is 0. The Labute approximate surface area is 99.6 Å². The van der Waals surface area contributed by atoms with Gasteiger partial charge in [-0.15, -0.1) is 5.11 Å². The average molecular weight is 231 g/mol. The first kappa shape index (κ1) is 10.8. The predicted molar refractivity (Wildman–Crippen MR) is 66.8 cm³/mol. The van der Waals surface area contributed by atoms with Gasteiger partial charge < -0.3 is 0 Å². The number of aryl methyl sites for hydroxylation is 1. The van der Waals surface area contributed by atoms with Crippen LogP contribution in [0.5, 0.6) is 0 Å². The highest BCUT2D eigenvalue weighted by Crippen LogP contribution is 2.25. The maximum absolute atomic E-state index is 5.96. The van der Waals surface area contributed by atoms with Crippen molar-refractivity contribution < 1.29 is 0 Å². The Hall–Kier alpha value is -1.67. The third-order valence-corrected chi connectivity index (χ3v) is 2.48. The van der Waals surface area contributed by atoms with Gasteiger partial charge >= 0.3 is 0 Å². The molecule has 0 heterocycles. The van der Waals surface area contributed by atoms with Crippen molar-refractivity contribution >= 4 is 23.0 Å². The summed E-state index contributed by atoms with van der Waals surface area (Å²) in [5, 5.41) is 8.83. The number of hydrogen-bond donors (Lipinski definition) is 0. The summed E-state index contributed by atoms with van der Waals surface area (Å²) in [7, 11) is 0. The molecule has 3 heteroatoms. The topological polar surface area (TPSA) is 24.7 Å². The molecule has 80 valence electrons. The van der Waals surface area contributed by atoms with Gasteiger partial charge in [0.25, 0.3) is 0 Å². The molecule has 0 fully saturated rings. The minimum atomic E-state index is 0.610. The molecule has 0 radical (unpaired) electrons. The lowest BCUT2D eigenvalue weighted by molar-refractivity contribution is 1.23. The number of rotatable bonds is 2. The van der Waals surface area contributed by atoms with Crippen LogP contribution < -0.4 is 0 Å². The lowest BCUT2D eigenvalue weighted by atomic mass is 10.2. The Balaban J connectivity index is 2.21. The van der Waals surface area contributed by atoms with Crippen molar-refractivity contribution in [3.63, 3.8) is 0 Å². The van der Waals surface area contributed by atoms with Crippen molar-refractivity contribution in [1.82, 2.24) is 0 Å². The van der Waals surface area contributed by atoms with E-state index < -0.39 is 0 Å². The summed E-state index contributed by atoms with van der Waals surface area (Å²) in [5.74, 6) is 0. The monoisotopic (exact) mass is 230 g/mol. The van der Waals surface area contributed by atoms with Crippen LogP contribution in [0.1, 0.15) is 5.56 Å². The van der Waals surface area contributed by atoms with Gasteiger partial charge in [0.2, 0.25) is 0 Å². The molecule has 0 aliphatic rings. The summed E-state index contributed by atoms with van der Waals surface area (Å²) in [5.41, 5.74) is 2.71. The zero-order chi connectivity index (χ0) is 11.4. The predicted octanol–water partition coefficient (Wildman–Crippen LogP) is 5.06. The standard InChI is InChI=1S/C13H11ClN2/c1-10-6-8-11(9-7-10)15-16-13-5-3-2-4-12(13)14/h2-9H,1H3. The summed E-state index contributed by atoms with van der Waals surface area (Å²) in [6.45, 7) is 2.04. The molecule has 0 aliphatic heterocycles. The number of benzene rings is 2. The Morgan fingerprint density at radius 2 is 1.56 bits per heavy atom. The van der Waals surface area contributed by atoms with Crippen molar-refractivity contribution in [2.45, 2.75) is 6.92 Å². The van der Waals surface area contributed by atoms with Crippen LogP contribution in [0.4, 0.5) is 11.4 Å². The molecule has 2 aromatic carbocycles. The van der Waals surface area contributed by atoms with E-state index in [1.807, 2.05) is 49.4 Å². The molecule has 0 aliphatic carbocycles. The van der Waals surface area contributed by atoms with Gasteiger partial charge in [-0.25, -0.2) is 0 Å². The molecule has 0 unspecified atom stereocenters. The van der Waals surface area contributed by atoms with E-state index in [2.05, 4.69) is 10.2 Å². The average Bonchev–Trinajstić information content (AvgIpc) is 2.30. The molecule has 2 aromatic rings. The van der Waals surface area contributed by atoms with Gasteiger partial charge in [0, 0.05) is 0 Å². The first-order valence-corrected chi connectivity index (χ1v) is 5.36. The van der Waals surface area contributed by atoms with Crippen molar-refractivity contribution in [2.75, 3.05) is 0 Å². The van der Waals surface area contributed by atoms with Crippen molar-refractivity contribution in [2.24, 2.45) is 10.2 Å². The van der Waals surface area contributed by atoms with E-state index in [-0.39, 0.29) is 0 Å². The summed E-state index contributed by atoms with van der Waals surface area (Å²) >= 11 is 5.96. The molecule has 0 spiro atoms. The maximum Gasteiger partial charge on any atom is 0.104 e. The van der Waals surface area contributed by atoms with Crippen molar-refractivity contribution in [3.05, 3.63) is 59.1 Å². The van der Waals surface area contributed by atoms with E-state index in [0.717, 1.165) is 5.69 Å². The minimum Gasteiger partial charge on any atom is -0.151 e. The zero-order valence-electron chi connectivity index (χ0n) is 8.89. The van der Waals surface area contributed by atoms with E-state index in [4.69, 9.17) is 11.6 Å². The highest BCUT2D eigenvalue weighted by atomic mass is 35.5. The second-order valence-electron chi connectivity index (χ2n) is 3.49. The summed E-state index contributed by atoms with van der Waals surface area (Å²) < 4.78 is 0. The van der Waals surface area contributed by atoms with Crippen LogP contribution in [0.15, 0.2) is 58.8 Å². The SMILES string of the molecule is Cc1ccc(N=Nc2ccccc2Cl)cc1. The minimum absolute atomic E-state index is 0.610. The highest BCUT2D eigenvalue weighted by Gasteiger charge is 1.95. The van der Waals surface area contributed by atoms with Crippen LogP contribution in [0.3, 0.4) is 0 Å². The fraction of sp³-hybridized carbons (Fsp3) is 0.0769. The highest BCUT2D eigenvalue weighted by molar-refractivity contribution is 6.32. The number of hydrogen-bond acceptors (Lipinski definition) is 2. The molecule has 0 atom stereocenters. The van der Waals surface area contributed by atoms with E-state index in [9.17, 15) is 0 Å². The number of nitrogens with zero attached hydrogens (tertiary/aromatic N) is 2. The molecule has 0 aromatic heterocycles. The zero-order valence-corrected chi connectivity index (χ0v) is 9.65. The van der Waals surface area contributed by atoms with Gasteiger partial charge in [-0.1, -0.05) is 41.4 Å². The van der Waals surface area contributed by atoms with E-state index in [0.29, 0.717) is 10.7 Å². The van der Waals surface area contributed by atoms with Crippen LogP contribution in [-0.4, -0.2) is 0 Å². The number of halogens is 1. The van der Waals surface area contributed by atoms with E-state index >= 15 is 0 Å². The van der Waals surface area contributed by atoms with Crippen LogP contribution in [0, 0.1) is 6.92 Å². The van der Waals surface area contributed by atoms with Gasteiger partial charge in [-0.2, -0.15) is 5.11 Å². The first-order chi connectivity index (χ1) is 7.75. The molecule has 2 nitrogen and oxygen atoms in total. The van der Waals surface area contributed by atoms with Crippen LogP contribution in [0.2, 0.25) is 5.02 Å². The molecule has 0 saturated carbocycles. The third kappa shape index (κ3) is 2.67. The molecule has 0 amide bonds. The maximum atomic E-state index is 5.96. The van der Waals surface area contributed by atoms with E-state index in [1.54, 1.807) is 6.07 Å². The molecule has 16 heavy (non-hydrogen) atoms. The van der Waals surface area contributed by atoms with E-state index in [1.165, 1.54) is 5.56 Å². The fourth-order valence-corrected chi connectivity index (χ4v) is 1.43. The van der Waals surface area contributed by atoms with Crippen molar-refractivity contribution in [1.29, 1.82) is 0 Å². The Bertz CT molecular complexity index is 504. The second kappa shape index (κ2) is 4.90. The van der Waals surface area contributed by atoms with Crippen molar-refractivity contribution in [3.8, 4) is 0 Å². The van der Waals surface area contributed by atoms with Crippen LogP contribution >= 0.6 is 11.6 Å². The van der Waals surface area contributed by atoms with Gasteiger partial charge in [0.05, 0.1) is 10.7 Å². The largest absolute Gasteiger partial charge is 0.151 e. The molecule has 2 rings (SSSR count). The fourth-order valence-electron chi connectivity index (χ4n) is 1.26. The quantitative estimate of drug-likeness (QED) is 0.644. The number of azo groups is 1. The summed E-state index contributed by atoms with van der Waals surface area (Å²) in [4.78, 5) is 0. The Morgan fingerprint density at radius 3 is 2.25 bits per heavy atom. The molecule has 0 N–H and O–H groups in total. The molecular formula is C13H11ClN2. The Morgan fingerprint density at radius 1 is 0.875 bits per heavy atom. The van der Waals surface area contributed by atoms with Gasteiger partial charge in [-0.3, -0.25) is 0 Å². The van der Waals surface area contributed by atoms with Gasteiger partial charge in [0.15, 0.2) is 0 Å². The lowest BCUT2D eigenvalue weighted by Gasteiger charge is -1.96. The smallest absolute Gasteiger partial charge is 0.104 e. The van der Waals surface area contributed by atoms with Crippen LogP contribution in [-0.2, 0) is 0 Å². The molecule has 0 saturated heterocycles. The van der Waals surface area contributed by atoms with Gasteiger partial charge in [0.1, 0.15) is 5.69 Å². The van der Waals surface area contributed by atoms with Gasteiger partial charge in [-0.05, 0) is 31.2 Å². The van der Waals surface area contributed by atoms with Crippen LogP contribution in [0.25, 0.3) is 0 Å². The second-order valence-corrected chi connectivity index (χ2v) is 3.89. The molecular weight excluding hydrogens is 220 g/mol. The first-order valence-electron chi connectivity index (χ1n) is 4.98. The normalized spacial score (nSPS) is 10.9. The lowest BCUT2D eigenvalue weighted by Crippen LogP contribution is -1.69. The summed E-state index contributed by atoms with van der Waals surface area (Å²) in [6, 6.07) is 15.2. The third-order valence-electron chi connectivity index (χ3n) is 2.16. The Kier molecular flexibility index (Phi) is 3.32.